The maximum atomic E-state index is 12.3. The van der Waals surface area contributed by atoms with Gasteiger partial charge in [-0.25, -0.2) is 0 Å². The van der Waals surface area contributed by atoms with Crippen molar-refractivity contribution in [2.45, 2.75) is 13.5 Å². The van der Waals surface area contributed by atoms with E-state index >= 15 is 0 Å². The van der Waals surface area contributed by atoms with E-state index < -0.39 is 0 Å². The fraction of sp³-hybridized carbons (Fsp3) is 0.143. The smallest absolute Gasteiger partial charge is 0.291 e. The van der Waals surface area contributed by atoms with Gasteiger partial charge in [0.05, 0.1) is 7.11 Å². The number of carbonyl (C=O) groups is 2. The summed E-state index contributed by atoms with van der Waals surface area (Å²) in [5.41, 5.74) is 1.16. The minimum Gasteiger partial charge on any atom is -0.493 e. The van der Waals surface area contributed by atoms with Crippen LogP contribution in [0.5, 0.6) is 11.5 Å². The van der Waals surface area contributed by atoms with E-state index in [-0.39, 0.29) is 24.1 Å². The molecule has 0 atom stereocenters. The molecule has 3 rings (SSSR count). The summed E-state index contributed by atoms with van der Waals surface area (Å²) in [6.45, 7) is 1.66. The molecule has 6 heteroatoms. The number of hydrogen-bond donors (Lipinski definition) is 1. The van der Waals surface area contributed by atoms with E-state index in [1.807, 2.05) is 12.1 Å². The predicted molar refractivity (Wildman–Crippen MR) is 100 cm³/mol. The molecule has 1 amide bonds. The van der Waals surface area contributed by atoms with E-state index in [1.54, 1.807) is 55.6 Å². The van der Waals surface area contributed by atoms with Gasteiger partial charge in [0.15, 0.2) is 23.0 Å². The van der Waals surface area contributed by atoms with E-state index in [2.05, 4.69) is 5.32 Å². The Bertz CT molecular complexity index is 943. The normalized spacial score (nSPS) is 10.3. The van der Waals surface area contributed by atoms with E-state index in [9.17, 15) is 9.59 Å². The van der Waals surface area contributed by atoms with Crippen LogP contribution in [0.3, 0.4) is 0 Å². The van der Waals surface area contributed by atoms with Gasteiger partial charge in [-0.15, -0.1) is 0 Å². The standard InChI is InChI=1S/C21H19NO5/c1-14(23)15-7-9-16(10-8-15)22-21(24)20-12-11-17(27-20)13-26-19-6-4-3-5-18(19)25-2/h3-12H,13H2,1-2H3,(H,22,24). The minimum atomic E-state index is -0.380. The Morgan fingerprint density at radius 3 is 2.33 bits per heavy atom. The van der Waals surface area contributed by atoms with Gasteiger partial charge in [0, 0.05) is 11.3 Å². The molecule has 1 heterocycles. The van der Waals surface area contributed by atoms with Gasteiger partial charge in [0.1, 0.15) is 12.4 Å². The van der Waals surface area contributed by atoms with E-state index in [0.717, 1.165) is 0 Å². The molecule has 0 bridgehead atoms. The van der Waals surface area contributed by atoms with Crippen LogP contribution in [0.2, 0.25) is 0 Å². The molecule has 0 unspecified atom stereocenters. The molecule has 1 N–H and O–H groups in total. The zero-order valence-electron chi connectivity index (χ0n) is 15.0. The molecule has 138 valence electrons. The van der Waals surface area contributed by atoms with Crippen molar-refractivity contribution in [3.8, 4) is 11.5 Å². The number of nitrogens with one attached hydrogen (secondary N) is 1. The van der Waals surface area contributed by atoms with Crippen LogP contribution in [0.4, 0.5) is 5.69 Å². The molecular formula is C21H19NO5. The Hall–Kier alpha value is -3.54. The first-order valence-electron chi connectivity index (χ1n) is 8.33. The van der Waals surface area contributed by atoms with Crippen LogP contribution in [0.1, 0.15) is 33.6 Å². The molecule has 0 fully saturated rings. The van der Waals surface area contributed by atoms with E-state index in [0.29, 0.717) is 28.5 Å². The van der Waals surface area contributed by atoms with Crippen molar-refractivity contribution in [2.24, 2.45) is 0 Å². The van der Waals surface area contributed by atoms with Crippen molar-refractivity contribution in [2.75, 3.05) is 12.4 Å². The van der Waals surface area contributed by atoms with Gasteiger partial charge in [-0.3, -0.25) is 9.59 Å². The van der Waals surface area contributed by atoms with Crippen LogP contribution in [-0.4, -0.2) is 18.8 Å². The Labute approximate surface area is 156 Å². The number of ether oxygens (including phenoxy) is 2. The monoisotopic (exact) mass is 365 g/mol. The van der Waals surface area contributed by atoms with E-state index in [1.165, 1.54) is 6.92 Å². The number of benzene rings is 2. The number of furan rings is 1. The third-order valence-electron chi connectivity index (χ3n) is 3.87. The number of para-hydroxylation sites is 2. The van der Waals surface area contributed by atoms with Crippen LogP contribution in [0, 0.1) is 0 Å². The third-order valence-corrected chi connectivity index (χ3v) is 3.87. The molecule has 0 spiro atoms. The Kier molecular flexibility index (Phi) is 5.56. The van der Waals surface area contributed by atoms with Gasteiger partial charge in [-0.05, 0) is 55.5 Å². The SMILES string of the molecule is COc1ccccc1OCc1ccc(C(=O)Nc2ccc(C(C)=O)cc2)o1. The molecule has 0 aliphatic rings. The number of amides is 1. The summed E-state index contributed by atoms with van der Waals surface area (Å²) in [4.78, 5) is 23.6. The molecule has 3 aromatic rings. The molecule has 0 aliphatic carbocycles. The van der Waals surface area contributed by atoms with Crippen LogP contribution in [0.25, 0.3) is 0 Å². The summed E-state index contributed by atoms with van der Waals surface area (Å²) in [5, 5.41) is 2.72. The lowest BCUT2D eigenvalue weighted by Gasteiger charge is -2.08. The second-order valence-electron chi connectivity index (χ2n) is 5.79. The average molecular weight is 365 g/mol. The predicted octanol–water partition coefficient (Wildman–Crippen LogP) is 4.32. The molecule has 27 heavy (non-hydrogen) atoms. The minimum absolute atomic E-state index is 0.0291. The molecule has 0 saturated carbocycles. The molecule has 1 aromatic heterocycles. The van der Waals surface area contributed by atoms with Gasteiger partial charge >= 0.3 is 0 Å². The van der Waals surface area contributed by atoms with Crippen molar-refractivity contribution in [1.29, 1.82) is 0 Å². The Balaban J connectivity index is 1.61. The summed E-state index contributed by atoms with van der Waals surface area (Å²) >= 11 is 0. The highest BCUT2D eigenvalue weighted by molar-refractivity contribution is 6.02. The number of hydrogen-bond acceptors (Lipinski definition) is 5. The lowest BCUT2D eigenvalue weighted by molar-refractivity contribution is 0.0990. The second kappa shape index (κ2) is 8.23. The van der Waals surface area contributed by atoms with Gasteiger partial charge in [0.25, 0.3) is 5.91 Å². The van der Waals surface area contributed by atoms with Crippen molar-refractivity contribution in [3.05, 3.63) is 77.7 Å². The third kappa shape index (κ3) is 4.55. The van der Waals surface area contributed by atoms with Gasteiger partial charge in [-0.2, -0.15) is 0 Å². The van der Waals surface area contributed by atoms with Gasteiger partial charge < -0.3 is 19.2 Å². The lowest BCUT2D eigenvalue weighted by Crippen LogP contribution is -2.11. The first-order chi connectivity index (χ1) is 13.1. The summed E-state index contributed by atoms with van der Waals surface area (Å²) in [5.74, 6) is 1.49. The Morgan fingerprint density at radius 1 is 0.963 bits per heavy atom. The molecule has 2 aromatic carbocycles. The first kappa shape index (κ1) is 18.3. The summed E-state index contributed by atoms with van der Waals surface area (Å²) in [7, 11) is 1.57. The molecule has 6 nitrogen and oxygen atoms in total. The highest BCUT2D eigenvalue weighted by Gasteiger charge is 2.13. The highest BCUT2D eigenvalue weighted by Crippen LogP contribution is 2.27. The fourth-order valence-electron chi connectivity index (χ4n) is 2.45. The van der Waals surface area contributed by atoms with Crippen molar-refractivity contribution in [3.63, 3.8) is 0 Å². The van der Waals surface area contributed by atoms with Gasteiger partial charge in [0.2, 0.25) is 0 Å². The van der Waals surface area contributed by atoms with Crippen molar-refractivity contribution >= 4 is 17.4 Å². The van der Waals surface area contributed by atoms with E-state index in [4.69, 9.17) is 13.9 Å². The molecule has 0 aliphatic heterocycles. The number of carbonyl (C=O) groups excluding carboxylic acids is 2. The summed E-state index contributed by atoms with van der Waals surface area (Å²) < 4.78 is 16.4. The molecular weight excluding hydrogens is 346 g/mol. The van der Waals surface area contributed by atoms with Gasteiger partial charge in [-0.1, -0.05) is 12.1 Å². The Morgan fingerprint density at radius 2 is 1.67 bits per heavy atom. The topological polar surface area (TPSA) is 77.8 Å². The zero-order valence-corrected chi connectivity index (χ0v) is 15.0. The number of ketones is 1. The maximum absolute atomic E-state index is 12.3. The maximum Gasteiger partial charge on any atom is 0.291 e. The van der Waals surface area contributed by atoms with Crippen LogP contribution in [-0.2, 0) is 6.61 Å². The quantitative estimate of drug-likeness (QED) is 0.631. The molecule has 0 radical (unpaired) electrons. The van der Waals surface area contributed by atoms with Crippen LogP contribution in [0.15, 0.2) is 65.1 Å². The van der Waals surface area contributed by atoms with Crippen LogP contribution < -0.4 is 14.8 Å². The lowest BCUT2D eigenvalue weighted by atomic mass is 10.1. The number of methoxy groups -OCH3 is 1. The van der Waals surface area contributed by atoms with Crippen LogP contribution >= 0.6 is 0 Å². The number of rotatable bonds is 7. The average Bonchev–Trinajstić information content (AvgIpc) is 3.16. The molecule has 0 saturated heterocycles. The number of anilines is 1. The fourth-order valence-corrected chi connectivity index (χ4v) is 2.45. The first-order valence-corrected chi connectivity index (χ1v) is 8.33. The number of Topliss-reactive ketones (excluding diaryl/α,β-unsaturated/α-hetero) is 1. The zero-order chi connectivity index (χ0) is 19.2. The highest BCUT2D eigenvalue weighted by atomic mass is 16.5. The summed E-state index contributed by atoms with van der Waals surface area (Å²) in [6.07, 6.45) is 0. The largest absolute Gasteiger partial charge is 0.493 e. The second-order valence-corrected chi connectivity index (χ2v) is 5.79. The van der Waals surface area contributed by atoms with Crippen molar-refractivity contribution in [1.82, 2.24) is 0 Å². The summed E-state index contributed by atoms with van der Waals surface area (Å²) in [6, 6.07) is 17.2. The van der Waals surface area contributed by atoms with Crippen molar-refractivity contribution < 1.29 is 23.5 Å².